The maximum Gasteiger partial charge on any atom is 0.0877 e. The van der Waals surface area contributed by atoms with Gasteiger partial charge >= 0.3 is 0 Å². The lowest BCUT2D eigenvalue weighted by Crippen LogP contribution is -1.90. The van der Waals surface area contributed by atoms with Crippen LogP contribution >= 0.6 is 0 Å². The number of fused-ring (bicyclic) bond motifs is 1. The Labute approximate surface area is 93.1 Å². The van der Waals surface area contributed by atoms with Gasteiger partial charge in [0.05, 0.1) is 17.4 Å². The van der Waals surface area contributed by atoms with Gasteiger partial charge in [0, 0.05) is 23.5 Å². The number of benzene rings is 1. The summed E-state index contributed by atoms with van der Waals surface area (Å²) < 4.78 is 0. The van der Waals surface area contributed by atoms with Crippen molar-refractivity contribution in [2.24, 2.45) is 0 Å². The maximum atomic E-state index is 4.34. The van der Waals surface area contributed by atoms with Crippen molar-refractivity contribution in [1.29, 1.82) is 0 Å². The summed E-state index contributed by atoms with van der Waals surface area (Å²) >= 11 is 0. The molecular formula is C13H11N3. The minimum Gasteiger partial charge on any atom is -0.365 e. The zero-order valence-corrected chi connectivity index (χ0v) is 8.64. The third-order valence-electron chi connectivity index (χ3n) is 2.47. The van der Waals surface area contributed by atoms with Crippen molar-refractivity contribution in [1.82, 2.24) is 9.97 Å². The average Bonchev–Trinajstić information content (AvgIpc) is 2.77. The van der Waals surface area contributed by atoms with Crippen molar-refractivity contribution in [2.75, 3.05) is 5.32 Å². The number of hydrogen-bond donors (Lipinski definition) is 2. The molecule has 0 radical (unpaired) electrons. The van der Waals surface area contributed by atoms with Crippen LogP contribution in [0.4, 0.5) is 11.4 Å². The number of nitrogens with zero attached hydrogens (tertiary/aromatic N) is 1. The Bertz CT molecular complexity index is 599. The Morgan fingerprint density at radius 3 is 2.75 bits per heavy atom. The van der Waals surface area contributed by atoms with Gasteiger partial charge in [-0.2, -0.15) is 0 Å². The molecule has 0 unspecified atom stereocenters. The lowest BCUT2D eigenvalue weighted by molar-refractivity contribution is 1.38. The summed E-state index contributed by atoms with van der Waals surface area (Å²) in [6.07, 6.45) is 5.67. The highest BCUT2D eigenvalue weighted by atomic mass is 14.9. The Balaban J connectivity index is 1.94. The monoisotopic (exact) mass is 209 g/mol. The van der Waals surface area contributed by atoms with E-state index in [1.165, 1.54) is 0 Å². The molecule has 0 bridgehead atoms. The van der Waals surface area contributed by atoms with Gasteiger partial charge < -0.3 is 10.3 Å². The predicted octanol–water partition coefficient (Wildman–Crippen LogP) is 3.31. The number of para-hydroxylation sites is 1. The highest BCUT2D eigenvalue weighted by molar-refractivity contribution is 5.81. The second kappa shape index (κ2) is 3.70. The van der Waals surface area contributed by atoms with Gasteiger partial charge in [-0.15, -0.1) is 0 Å². The Hall–Kier alpha value is -2.29. The SMILES string of the molecule is c1ccc(Nc2cnc3c[nH]cc3c2)cc1. The molecular weight excluding hydrogens is 198 g/mol. The average molecular weight is 209 g/mol. The molecule has 0 aliphatic rings. The standard InChI is InChI=1S/C13H11N3/c1-2-4-11(5-3-1)16-12-6-10-7-14-9-13(10)15-8-12/h1-9,14,16H. The normalized spacial score (nSPS) is 10.5. The third-order valence-corrected chi connectivity index (χ3v) is 2.47. The van der Waals surface area contributed by atoms with Gasteiger partial charge in [0.25, 0.3) is 0 Å². The lowest BCUT2D eigenvalue weighted by Gasteiger charge is -2.05. The molecule has 0 aliphatic heterocycles. The van der Waals surface area contributed by atoms with Crippen LogP contribution < -0.4 is 5.32 Å². The van der Waals surface area contributed by atoms with Crippen molar-refractivity contribution in [3.8, 4) is 0 Å². The predicted molar refractivity (Wildman–Crippen MR) is 65.8 cm³/mol. The first-order chi connectivity index (χ1) is 7.92. The summed E-state index contributed by atoms with van der Waals surface area (Å²) in [5.74, 6) is 0. The molecule has 16 heavy (non-hydrogen) atoms. The molecule has 3 rings (SSSR count). The number of aromatic amines is 1. The topological polar surface area (TPSA) is 40.7 Å². The number of aromatic nitrogens is 2. The highest BCUT2D eigenvalue weighted by Crippen LogP contribution is 2.19. The maximum absolute atomic E-state index is 4.34. The van der Waals surface area contributed by atoms with E-state index in [4.69, 9.17) is 0 Å². The van der Waals surface area contributed by atoms with E-state index in [9.17, 15) is 0 Å². The molecule has 1 aromatic carbocycles. The van der Waals surface area contributed by atoms with Crippen molar-refractivity contribution in [3.63, 3.8) is 0 Å². The first kappa shape index (κ1) is 8.97. The Morgan fingerprint density at radius 2 is 1.88 bits per heavy atom. The van der Waals surface area contributed by atoms with Crippen LogP contribution in [0.25, 0.3) is 10.9 Å². The molecule has 0 spiro atoms. The van der Waals surface area contributed by atoms with Crippen LogP contribution in [0.2, 0.25) is 0 Å². The van der Waals surface area contributed by atoms with Gasteiger partial charge in [0.2, 0.25) is 0 Å². The molecule has 2 heterocycles. The molecule has 3 heteroatoms. The molecule has 2 aromatic heterocycles. The van der Waals surface area contributed by atoms with Crippen molar-refractivity contribution in [2.45, 2.75) is 0 Å². The Morgan fingerprint density at radius 1 is 1.00 bits per heavy atom. The fraction of sp³-hybridized carbons (Fsp3) is 0. The largest absolute Gasteiger partial charge is 0.365 e. The summed E-state index contributed by atoms with van der Waals surface area (Å²) in [4.78, 5) is 7.38. The smallest absolute Gasteiger partial charge is 0.0877 e. The minimum absolute atomic E-state index is 0.985. The van der Waals surface area contributed by atoms with Crippen molar-refractivity contribution in [3.05, 3.63) is 55.0 Å². The van der Waals surface area contributed by atoms with Gasteiger partial charge in [-0.25, -0.2) is 0 Å². The van der Waals surface area contributed by atoms with Gasteiger partial charge in [0.1, 0.15) is 0 Å². The molecule has 0 saturated heterocycles. The summed E-state index contributed by atoms with van der Waals surface area (Å²) in [6, 6.07) is 12.1. The first-order valence-corrected chi connectivity index (χ1v) is 5.16. The van der Waals surface area contributed by atoms with E-state index in [0.29, 0.717) is 0 Å². The quantitative estimate of drug-likeness (QED) is 0.679. The number of nitrogens with one attached hydrogen (secondary N) is 2. The van der Waals surface area contributed by atoms with Crippen molar-refractivity contribution >= 4 is 22.3 Å². The second-order valence-corrected chi connectivity index (χ2v) is 3.64. The van der Waals surface area contributed by atoms with E-state index in [2.05, 4.69) is 21.4 Å². The Kier molecular flexibility index (Phi) is 2.07. The van der Waals surface area contributed by atoms with E-state index in [0.717, 1.165) is 22.3 Å². The fourth-order valence-corrected chi connectivity index (χ4v) is 1.70. The van der Waals surface area contributed by atoms with Gasteiger partial charge in [-0.1, -0.05) is 18.2 Å². The number of anilines is 2. The minimum atomic E-state index is 0.985. The number of pyridine rings is 1. The van der Waals surface area contributed by atoms with Gasteiger partial charge in [-0.3, -0.25) is 4.98 Å². The molecule has 0 saturated carbocycles. The van der Waals surface area contributed by atoms with Crippen LogP contribution in [0.15, 0.2) is 55.0 Å². The molecule has 0 aliphatic carbocycles. The fourth-order valence-electron chi connectivity index (χ4n) is 1.70. The van der Waals surface area contributed by atoms with E-state index < -0.39 is 0 Å². The second-order valence-electron chi connectivity index (χ2n) is 3.64. The van der Waals surface area contributed by atoms with Crippen LogP contribution in [0.3, 0.4) is 0 Å². The summed E-state index contributed by atoms with van der Waals surface area (Å²) in [5.41, 5.74) is 3.05. The van der Waals surface area contributed by atoms with Crippen LogP contribution in [0.5, 0.6) is 0 Å². The molecule has 0 fully saturated rings. The van der Waals surface area contributed by atoms with E-state index in [1.807, 2.05) is 48.9 Å². The third kappa shape index (κ3) is 1.63. The molecule has 0 amide bonds. The number of H-pyrrole nitrogens is 1. The lowest BCUT2D eigenvalue weighted by atomic mass is 10.2. The zero-order valence-electron chi connectivity index (χ0n) is 8.64. The zero-order chi connectivity index (χ0) is 10.8. The molecule has 0 atom stereocenters. The molecule has 3 aromatic rings. The van der Waals surface area contributed by atoms with E-state index in [1.54, 1.807) is 0 Å². The van der Waals surface area contributed by atoms with Crippen LogP contribution in [0, 0.1) is 0 Å². The first-order valence-electron chi connectivity index (χ1n) is 5.16. The van der Waals surface area contributed by atoms with Crippen molar-refractivity contribution < 1.29 is 0 Å². The molecule has 2 N–H and O–H groups in total. The summed E-state index contributed by atoms with van der Waals surface area (Å²) in [6.45, 7) is 0. The number of rotatable bonds is 2. The molecule has 78 valence electrons. The number of hydrogen-bond acceptors (Lipinski definition) is 2. The van der Waals surface area contributed by atoms with Gasteiger partial charge in [-0.05, 0) is 18.2 Å². The van der Waals surface area contributed by atoms with Crippen LogP contribution in [-0.2, 0) is 0 Å². The summed E-state index contributed by atoms with van der Waals surface area (Å²) in [5, 5.41) is 4.42. The summed E-state index contributed by atoms with van der Waals surface area (Å²) in [7, 11) is 0. The van der Waals surface area contributed by atoms with Crippen LogP contribution in [-0.4, -0.2) is 9.97 Å². The van der Waals surface area contributed by atoms with Gasteiger partial charge in [0.15, 0.2) is 0 Å². The molecule has 3 nitrogen and oxygen atoms in total. The van der Waals surface area contributed by atoms with E-state index in [-0.39, 0.29) is 0 Å². The highest BCUT2D eigenvalue weighted by Gasteiger charge is 1.98. The van der Waals surface area contributed by atoms with Crippen LogP contribution in [0.1, 0.15) is 0 Å². The van der Waals surface area contributed by atoms with E-state index >= 15 is 0 Å².